The smallest absolute Gasteiger partial charge is 0.251 e. The summed E-state index contributed by atoms with van der Waals surface area (Å²) < 4.78 is 22.1. The highest BCUT2D eigenvalue weighted by molar-refractivity contribution is 7.89. The van der Waals surface area contributed by atoms with Crippen LogP contribution in [0.5, 0.6) is 0 Å². The Balaban J connectivity index is 2.04. The summed E-state index contributed by atoms with van der Waals surface area (Å²) in [4.78, 5) is 11.7. The van der Waals surface area contributed by atoms with Gasteiger partial charge in [0.1, 0.15) is 5.69 Å². The maximum Gasteiger partial charge on any atom is 0.251 e. The van der Waals surface area contributed by atoms with Crippen LogP contribution in [0.25, 0.3) is 0 Å². The number of rotatable bonds is 4. The highest BCUT2D eigenvalue weighted by Gasteiger charge is 2.10. The van der Waals surface area contributed by atoms with Gasteiger partial charge in [-0.3, -0.25) is 4.79 Å². The third-order valence-electron chi connectivity index (χ3n) is 2.34. The monoisotopic (exact) mass is 281 g/mol. The van der Waals surface area contributed by atoms with Crippen LogP contribution in [-0.4, -0.2) is 29.7 Å². The summed E-state index contributed by atoms with van der Waals surface area (Å²) in [6.45, 7) is 0.228. The van der Waals surface area contributed by atoms with E-state index in [9.17, 15) is 13.2 Å². The van der Waals surface area contributed by atoms with Crippen molar-refractivity contribution in [3.8, 4) is 0 Å². The second-order valence-electron chi connectivity index (χ2n) is 3.71. The summed E-state index contributed by atoms with van der Waals surface area (Å²) in [6.07, 6.45) is 1.49. The fourth-order valence-corrected chi connectivity index (χ4v) is 1.89. The summed E-state index contributed by atoms with van der Waals surface area (Å²) >= 11 is 0. The van der Waals surface area contributed by atoms with E-state index in [1.807, 2.05) is 0 Å². The van der Waals surface area contributed by atoms with Crippen LogP contribution >= 0.6 is 0 Å². The Labute approximate surface area is 109 Å². The van der Waals surface area contributed by atoms with E-state index in [0.29, 0.717) is 11.3 Å². The number of H-pyrrole nitrogens is 1. The SMILES string of the molecule is NS(=O)(=O)c1ccc(C(=O)NCc2cn[nH]n2)cc1. The van der Waals surface area contributed by atoms with Crippen molar-refractivity contribution in [2.24, 2.45) is 5.14 Å². The lowest BCUT2D eigenvalue weighted by Gasteiger charge is -2.04. The van der Waals surface area contributed by atoms with Gasteiger partial charge in [-0.1, -0.05) is 0 Å². The fourth-order valence-electron chi connectivity index (χ4n) is 1.38. The molecule has 0 spiro atoms. The summed E-state index contributed by atoms with van der Waals surface area (Å²) in [5, 5.41) is 17.4. The molecule has 0 radical (unpaired) electrons. The minimum absolute atomic E-state index is 0.0412. The highest BCUT2D eigenvalue weighted by atomic mass is 32.2. The van der Waals surface area contributed by atoms with Crippen LogP contribution in [0.1, 0.15) is 16.1 Å². The zero-order chi connectivity index (χ0) is 13.9. The number of carbonyl (C=O) groups is 1. The number of carbonyl (C=O) groups excluding carboxylic acids is 1. The van der Waals surface area contributed by atoms with E-state index in [2.05, 4.69) is 20.7 Å². The number of nitrogens with two attached hydrogens (primary N) is 1. The second kappa shape index (κ2) is 5.16. The fraction of sp³-hybridized carbons (Fsp3) is 0.100. The topological polar surface area (TPSA) is 131 Å². The summed E-state index contributed by atoms with van der Waals surface area (Å²) in [6, 6.07) is 5.33. The summed E-state index contributed by atoms with van der Waals surface area (Å²) in [7, 11) is -3.75. The Morgan fingerprint density at radius 3 is 2.53 bits per heavy atom. The molecule has 1 aromatic heterocycles. The van der Waals surface area contributed by atoms with E-state index in [1.165, 1.54) is 30.5 Å². The number of nitrogens with one attached hydrogen (secondary N) is 2. The number of benzene rings is 1. The molecule has 0 aliphatic heterocycles. The lowest BCUT2D eigenvalue weighted by Crippen LogP contribution is -2.23. The van der Waals surface area contributed by atoms with Crippen molar-refractivity contribution in [3.63, 3.8) is 0 Å². The maximum atomic E-state index is 11.8. The molecule has 1 aromatic carbocycles. The van der Waals surface area contributed by atoms with Gasteiger partial charge < -0.3 is 5.32 Å². The highest BCUT2D eigenvalue weighted by Crippen LogP contribution is 2.08. The first kappa shape index (κ1) is 13.2. The van der Waals surface area contributed by atoms with E-state index in [1.54, 1.807) is 0 Å². The van der Waals surface area contributed by atoms with Gasteiger partial charge in [0, 0.05) is 5.56 Å². The Bertz CT molecular complexity index is 664. The van der Waals surface area contributed by atoms with Crippen molar-refractivity contribution in [2.45, 2.75) is 11.4 Å². The molecule has 0 saturated carbocycles. The Kier molecular flexibility index (Phi) is 3.58. The van der Waals surface area contributed by atoms with Gasteiger partial charge in [-0.15, -0.1) is 0 Å². The molecule has 0 unspecified atom stereocenters. The van der Waals surface area contributed by atoms with Crippen LogP contribution in [0.15, 0.2) is 35.4 Å². The number of aromatic nitrogens is 3. The average Bonchev–Trinajstić information content (AvgIpc) is 2.88. The first-order valence-electron chi connectivity index (χ1n) is 5.22. The molecule has 1 heterocycles. The van der Waals surface area contributed by atoms with Gasteiger partial charge in [-0.25, -0.2) is 13.6 Å². The molecule has 0 atom stereocenters. The third kappa shape index (κ3) is 3.36. The largest absolute Gasteiger partial charge is 0.346 e. The molecule has 0 aliphatic carbocycles. The van der Waals surface area contributed by atoms with Gasteiger partial charge in [-0.05, 0) is 24.3 Å². The lowest BCUT2D eigenvalue weighted by molar-refractivity contribution is 0.0950. The normalized spacial score (nSPS) is 11.2. The number of hydrogen-bond acceptors (Lipinski definition) is 5. The molecule has 4 N–H and O–H groups in total. The van der Waals surface area contributed by atoms with Crippen molar-refractivity contribution in [3.05, 3.63) is 41.7 Å². The minimum atomic E-state index is -3.75. The molecule has 8 nitrogen and oxygen atoms in total. The predicted octanol–water partition coefficient (Wildman–Crippen LogP) is -0.618. The van der Waals surface area contributed by atoms with Crippen molar-refractivity contribution < 1.29 is 13.2 Å². The molecule has 0 saturated heterocycles. The van der Waals surface area contributed by atoms with Gasteiger partial charge in [0.25, 0.3) is 5.91 Å². The Morgan fingerprint density at radius 2 is 2.00 bits per heavy atom. The third-order valence-corrected chi connectivity index (χ3v) is 3.27. The Morgan fingerprint density at radius 1 is 1.32 bits per heavy atom. The minimum Gasteiger partial charge on any atom is -0.346 e. The average molecular weight is 281 g/mol. The van der Waals surface area contributed by atoms with Crippen molar-refractivity contribution >= 4 is 15.9 Å². The van der Waals surface area contributed by atoms with Gasteiger partial charge in [-0.2, -0.15) is 15.4 Å². The van der Waals surface area contributed by atoms with Crippen LogP contribution in [0, 0.1) is 0 Å². The van der Waals surface area contributed by atoms with Gasteiger partial charge in [0.2, 0.25) is 10.0 Å². The zero-order valence-corrected chi connectivity index (χ0v) is 10.5. The van der Waals surface area contributed by atoms with Crippen LogP contribution in [0.3, 0.4) is 0 Å². The maximum absolute atomic E-state index is 11.8. The number of amides is 1. The van der Waals surface area contributed by atoms with Crippen molar-refractivity contribution in [2.75, 3.05) is 0 Å². The molecule has 9 heteroatoms. The quantitative estimate of drug-likeness (QED) is 0.687. The molecule has 0 aliphatic rings. The van der Waals surface area contributed by atoms with Crippen molar-refractivity contribution in [1.82, 2.24) is 20.7 Å². The molecule has 0 fully saturated rings. The first-order chi connectivity index (χ1) is 8.97. The van der Waals surface area contributed by atoms with Crippen molar-refractivity contribution in [1.29, 1.82) is 0 Å². The molecule has 2 aromatic rings. The van der Waals surface area contributed by atoms with E-state index in [4.69, 9.17) is 5.14 Å². The standard InChI is InChI=1S/C10H11N5O3S/c11-19(17,18)9-3-1-7(2-4-9)10(16)12-5-8-6-13-15-14-8/h1-4,6H,5H2,(H,12,16)(H2,11,17,18)(H,13,14,15). The summed E-state index contributed by atoms with van der Waals surface area (Å²) in [5.41, 5.74) is 0.922. The summed E-state index contributed by atoms with van der Waals surface area (Å²) in [5.74, 6) is -0.344. The number of hydrogen-bond donors (Lipinski definition) is 3. The number of sulfonamides is 1. The van der Waals surface area contributed by atoms with E-state index in [0.717, 1.165) is 0 Å². The molecular weight excluding hydrogens is 270 g/mol. The molecular formula is C10H11N5O3S. The Hall–Kier alpha value is -2.26. The van der Waals surface area contributed by atoms with E-state index < -0.39 is 10.0 Å². The van der Waals surface area contributed by atoms with Crippen LogP contribution < -0.4 is 10.5 Å². The zero-order valence-electron chi connectivity index (χ0n) is 9.70. The number of aromatic amines is 1. The predicted molar refractivity (Wildman–Crippen MR) is 65.4 cm³/mol. The lowest BCUT2D eigenvalue weighted by atomic mass is 10.2. The van der Waals surface area contributed by atoms with Crippen LogP contribution in [0.4, 0.5) is 0 Å². The van der Waals surface area contributed by atoms with Crippen LogP contribution in [0.2, 0.25) is 0 Å². The van der Waals surface area contributed by atoms with Gasteiger partial charge >= 0.3 is 0 Å². The van der Waals surface area contributed by atoms with E-state index in [-0.39, 0.29) is 17.3 Å². The molecule has 2 rings (SSSR count). The van der Waals surface area contributed by atoms with Gasteiger partial charge in [0.05, 0.1) is 17.6 Å². The van der Waals surface area contributed by atoms with E-state index >= 15 is 0 Å². The molecule has 0 bridgehead atoms. The van der Waals surface area contributed by atoms with Crippen LogP contribution in [-0.2, 0) is 16.6 Å². The first-order valence-corrected chi connectivity index (χ1v) is 6.77. The van der Waals surface area contributed by atoms with Gasteiger partial charge in [0.15, 0.2) is 0 Å². The molecule has 19 heavy (non-hydrogen) atoms. The second-order valence-corrected chi connectivity index (χ2v) is 5.27. The number of primary sulfonamides is 1. The molecule has 100 valence electrons. The molecule has 1 amide bonds. The number of nitrogens with zero attached hydrogens (tertiary/aromatic N) is 2.